The minimum absolute atomic E-state index is 0.137. The van der Waals surface area contributed by atoms with Gasteiger partial charge in [-0.3, -0.25) is 9.36 Å². The van der Waals surface area contributed by atoms with Crippen molar-refractivity contribution in [2.24, 2.45) is 0 Å². The number of aryl methyl sites for hydroxylation is 2. The zero-order chi connectivity index (χ0) is 20.5. The molecule has 0 atom stereocenters. The number of carbonyl (C=O) groups is 1. The van der Waals surface area contributed by atoms with Crippen molar-refractivity contribution in [2.75, 3.05) is 31.1 Å². The maximum Gasteiger partial charge on any atom is 0.258 e. The van der Waals surface area contributed by atoms with E-state index in [-0.39, 0.29) is 5.91 Å². The third-order valence-electron chi connectivity index (χ3n) is 5.71. The largest absolute Gasteiger partial charge is 0.443 e. The van der Waals surface area contributed by atoms with Crippen LogP contribution in [0.5, 0.6) is 0 Å². The van der Waals surface area contributed by atoms with Gasteiger partial charge in [-0.05, 0) is 50.1 Å². The molecule has 1 aliphatic rings. The number of anilines is 1. The van der Waals surface area contributed by atoms with Crippen molar-refractivity contribution >= 4 is 11.6 Å². The molecule has 4 rings (SSSR count). The first kappa shape index (κ1) is 18.9. The number of piperazine rings is 1. The molecule has 0 N–H and O–H groups in total. The molecular formula is C23H24N4O2. The Bertz CT molecular complexity index is 1080. The second kappa shape index (κ2) is 7.51. The molecule has 148 valence electrons. The Labute approximate surface area is 170 Å². The minimum atomic E-state index is -0.137. The molecular weight excluding hydrogens is 364 g/mol. The highest BCUT2D eigenvalue weighted by molar-refractivity contribution is 5.98. The Morgan fingerprint density at radius 2 is 1.72 bits per heavy atom. The Hall–Kier alpha value is -3.46. The lowest BCUT2D eigenvalue weighted by atomic mass is 10.1. The minimum Gasteiger partial charge on any atom is -0.443 e. The summed E-state index contributed by atoms with van der Waals surface area (Å²) in [4.78, 5) is 17.4. The highest BCUT2D eigenvalue weighted by Crippen LogP contribution is 2.28. The number of nitriles is 1. The lowest BCUT2D eigenvalue weighted by Gasteiger charge is -2.37. The monoisotopic (exact) mass is 388 g/mol. The Balaban J connectivity index is 1.55. The number of hydrogen-bond donors (Lipinski definition) is 0. The number of aromatic nitrogens is 1. The quantitative estimate of drug-likeness (QED) is 0.684. The van der Waals surface area contributed by atoms with E-state index < -0.39 is 0 Å². The molecule has 6 heteroatoms. The van der Waals surface area contributed by atoms with E-state index in [9.17, 15) is 10.1 Å². The molecule has 3 aromatic rings. The second-order valence-corrected chi connectivity index (χ2v) is 7.41. The summed E-state index contributed by atoms with van der Waals surface area (Å²) in [5, 5.41) is 9.70. The van der Waals surface area contributed by atoms with Gasteiger partial charge in [-0.1, -0.05) is 12.1 Å². The van der Waals surface area contributed by atoms with Gasteiger partial charge in [-0.25, -0.2) is 0 Å². The number of rotatable bonds is 3. The van der Waals surface area contributed by atoms with E-state index >= 15 is 0 Å². The van der Waals surface area contributed by atoms with Crippen molar-refractivity contribution < 1.29 is 9.21 Å². The number of hydrogen-bond acceptors (Lipinski definition) is 4. The number of furan rings is 1. The van der Waals surface area contributed by atoms with Gasteiger partial charge in [-0.15, -0.1) is 0 Å². The predicted octanol–water partition coefficient (Wildman–Crippen LogP) is 3.83. The highest BCUT2D eigenvalue weighted by atomic mass is 16.4. The molecule has 0 unspecified atom stereocenters. The zero-order valence-electron chi connectivity index (χ0n) is 17.0. The van der Waals surface area contributed by atoms with Crippen LogP contribution in [-0.2, 0) is 0 Å². The summed E-state index contributed by atoms with van der Waals surface area (Å²) in [6.45, 7) is 8.75. The molecule has 0 saturated carbocycles. The molecule has 1 amide bonds. The van der Waals surface area contributed by atoms with Crippen LogP contribution in [0.15, 0.2) is 47.1 Å². The number of nitrogens with zero attached hydrogens (tertiary/aromatic N) is 4. The molecule has 2 aromatic heterocycles. The first-order valence-electron chi connectivity index (χ1n) is 9.78. The molecule has 29 heavy (non-hydrogen) atoms. The smallest absolute Gasteiger partial charge is 0.258 e. The average molecular weight is 388 g/mol. The van der Waals surface area contributed by atoms with Crippen molar-refractivity contribution in [3.05, 3.63) is 70.7 Å². The van der Waals surface area contributed by atoms with Gasteiger partial charge in [0.05, 0.1) is 0 Å². The molecule has 0 spiro atoms. The number of benzene rings is 1. The standard InChI is InChI=1S/C23H24N4O2/c1-16-7-6-8-20(17(16)2)25-11-13-26(14-12-25)22(28)21-18(3)29-23(19(21)15-24)27-9-4-5-10-27/h4-10H,11-14H2,1-3H3. The lowest BCUT2D eigenvalue weighted by Crippen LogP contribution is -2.49. The van der Waals surface area contributed by atoms with E-state index in [1.807, 2.05) is 17.0 Å². The van der Waals surface area contributed by atoms with Gasteiger partial charge in [0, 0.05) is 44.3 Å². The van der Waals surface area contributed by atoms with Crippen LogP contribution >= 0.6 is 0 Å². The van der Waals surface area contributed by atoms with Gasteiger partial charge >= 0.3 is 0 Å². The maximum atomic E-state index is 13.2. The fourth-order valence-electron chi connectivity index (χ4n) is 3.93. The average Bonchev–Trinajstić information content (AvgIpc) is 3.37. The fourth-order valence-corrected chi connectivity index (χ4v) is 3.93. The van der Waals surface area contributed by atoms with Crippen molar-refractivity contribution in [1.29, 1.82) is 5.26 Å². The van der Waals surface area contributed by atoms with Crippen molar-refractivity contribution in [2.45, 2.75) is 20.8 Å². The number of amides is 1. The zero-order valence-corrected chi connectivity index (χ0v) is 17.0. The summed E-state index contributed by atoms with van der Waals surface area (Å²) in [5.41, 5.74) is 4.44. The third-order valence-corrected chi connectivity index (χ3v) is 5.71. The van der Waals surface area contributed by atoms with Crippen LogP contribution in [0.4, 0.5) is 5.69 Å². The third kappa shape index (κ3) is 3.29. The van der Waals surface area contributed by atoms with Gasteiger partial charge in [-0.2, -0.15) is 5.26 Å². The number of carbonyl (C=O) groups excluding carboxylic acids is 1. The molecule has 0 aliphatic carbocycles. The van der Waals surface area contributed by atoms with Gasteiger partial charge in [0.25, 0.3) is 5.91 Å². The van der Waals surface area contributed by atoms with E-state index in [1.54, 1.807) is 23.9 Å². The van der Waals surface area contributed by atoms with Gasteiger partial charge in [0.2, 0.25) is 5.88 Å². The fraction of sp³-hybridized carbons (Fsp3) is 0.304. The van der Waals surface area contributed by atoms with Crippen molar-refractivity contribution in [3.63, 3.8) is 0 Å². The van der Waals surface area contributed by atoms with Crippen molar-refractivity contribution in [1.82, 2.24) is 9.47 Å². The van der Waals surface area contributed by atoms with E-state index in [0.717, 1.165) is 13.1 Å². The first-order valence-corrected chi connectivity index (χ1v) is 9.78. The van der Waals surface area contributed by atoms with Crippen LogP contribution in [0.3, 0.4) is 0 Å². The van der Waals surface area contributed by atoms with E-state index in [1.165, 1.54) is 16.8 Å². The lowest BCUT2D eigenvalue weighted by molar-refractivity contribution is 0.0744. The Kier molecular flexibility index (Phi) is 4.89. The molecule has 0 bridgehead atoms. The molecule has 1 aromatic carbocycles. The Morgan fingerprint density at radius 1 is 1.03 bits per heavy atom. The maximum absolute atomic E-state index is 13.2. The van der Waals surface area contributed by atoms with Crippen LogP contribution in [-0.4, -0.2) is 41.6 Å². The van der Waals surface area contributed by atoms with Crippen LogP contribution in [0.2, 0.25) is 0 Å². The van der Waals surface area contributed by atoms with Crippen LogP contribution in [0.25, 0.3) is 5.88 Å². The van der Waals surface area contributed by atoms with Gasteiger partial charge in [0.1, 0.15) is 23.0 Å². The van der Waals surface area contributed by atoms with Crippen molar-refractivity contribution in [3.8, 4) is 12.0 Å². The molecule has 3 heterocycles. The Morgan fingerprint density at radius 3 is 2.38 bits per heavy atom. The molecule has 6 nitrogen and oxygen atoms in total. The molecule has 1 saturated heterocycles. The summed E-state index contributed by atoms with van der Waals surface area (Å²) in [6, 6.07) is 12.2. The van der Waals surface area contributed by atoms with Crippen LogP contribution < -0.4 is 4.90 Å². The van der Waals surface area contributed by atoms with Crippen LogP contribution in [0.1, 0.15) is 32.8 Å². The summed E-state index contributed by atoms with van der Waals surface area (Å²) in [7, 11) is 0. The summed E-state index contributed by atoms with van der Waals surface area (Å²) in [6.07, 6.45) is 3.60. The molecule has 1 fully saturated rings. The predicted molar refractivity (Wildman–Crippen MR) is 112 cm³/mol. The summed E-state index contributed by atoms with van der Waals surface area (Å²) >= 11 is 0. The van der Waals surface area contributed by atoms with E-state index in [0.29, 0.717) is 35.9 Å². The normalized spacial score (nSPS) is 14.1. The summed E-state index contributed by atoms with van der Waals surface area (Å²) in [5.74, 6) is 0.737. The molecule has 0 radical (unpaired) electrons. The second-order valence-electron chi connectivity index (χ2n) is 7.41. The summed E-state index contributed by atoms with van der Waals surface area (Å²) < 4.78 is 7.52. The van der Waals surface area contributed by atoms with E-state index in [2.05, 4.69) is 43.0 Å². The van der Waals surface area contributed by atoms with Gasteiger partial charge in [0.15, 0.2) is 0 Å². The topological polar surface area (TPSA) is 65.4 Å². The highest BCUT2D eigenvalue weighted by Gasteiger charge is 2.30. The van der Waals surface area contributed by atoms with E-state index in [4.69, 9.17) is 4.42 Å². The van der Waals surface area contributed by atoms with Crippen LogP contribution in [0, 0.1) is 32.1 Å². The SMILES string of the molecule is Cc1cccc(N2CCN(C(=O)c3c(C)oc(-n4cccc4)c3C#N)CC2)c1C. The first-order chi connectivity index (χ1) is 14.0. The van der Waals surface area contributed by atoms with Gasteiger partial charge < -0.3 is 14.2 Å². The molecule has 1 aliphatic heterocycles.